The van der Waals surface area contributed by atoms with Crippen molar-refractivity contribution in [3.8, 4) is 0 Å². The van der Waals surface area contributed by atoms with E-state index < -0.39 is 0 Å². The van der Waals surface area contributed by atoms with Gasteiger partial charge in [0.1, 0.15) is 4.34 Å². The van der Waals surface area contributed by atoms with E-state index in [1.54, 1.807) is 11.3 Å². The molecular formula is C12H16BrClN2OS. The summed E-state index contributed by atoms with van der Waals surface area (Å²) in [5, 5.41) is 0. The third-order valence-corrected chi connectivity index (χ3v) is 6.14. The van der Waals surface area contributed by atoms with Gasteiger partial charge in [-0.1, -0.05) is 11.6 Å². The topological polar surface area (TPSA) is 38.5 Å². The van der Waals surface area contributed by atoms with Crippen LogP contribution in [0.2, 0.25) is 4.34 Å². The number of morpholine rings is 1. The summed E-state index contributed by atoms with van der Waals surface area (Å²) in [5.74, 6) is 0. The summed E-state index contributed by atoms with van der Waals surface area (Å²) in [7, 11) is 0. The van der Waals surface area contributed by atoms with E-state index in [9.17, 15) is 0 Å². The van der Waals surface area contributed by atoms with Crippen molar-refractivity contribution < 1.29 is 4.74 Å². The molecule has 0 spiro atoms. The highest BCUT2D eigenvalue weighted by Gasteiger charge is 2.41. The molecule has 6 heteroatoms. The van der Waals surface area contributed by atoms with Crippen molar-refractivity contribution in [2.75, 3.05) is 19.7 Å². The Labute approximate surface area is 124 Å². The standard InChI is InChI=1S/C12H16BrClN2OS/c13-8-5-10(18-12(8)14)11-9(6-15)17-4-3-16(11)7-1-2-7/h5,7,9,11H,1-4,6,15H2. The number of rotatable bonds is 3. The van der Waals surface area contributed by atoms with Crippen LogP contribution in [0.15, 0.2) is 10.5 Å². The maximum Gasteiger partial charge on any atom is 0.107 e. The maximum absolute atomic E-state index is 6.16. The zero-order chi connectivity index (χ0) is 12.7. The van der Waals surface area contributed by atoms with E-state index in [-0.39, 0.29) is 12.1 Å². The molecule has 1 aliphatic carbocycles. The molecular weight excluding hydrogens is 336 g/mol. The minimum Gasteiger partial charge on any atom is -0.374 e. The molecule has 1 aliphatic heterocycles. The summed E-state index contributed by atoms with van der Waals surface area (Å²) in [4.78, 5) is 3.81. The van der Waals surface area contributed by atoms with Crippen LogP contribution in [0, 0.1) is 0 Å². The van der Waals surface area contributed by atoms with Crippen molar-refractivity contribution in [3.63, 3.8) is 0 Å². The summed E-state index contributed by atoms with van der Waals surface area (Å²) < 4.78 is 7.61. The minimum absolute atomic E-state index is 0.0842. The molecule has 0 radical (unpaired) electrons. The number of hydrogen-bond donors (Lipinski definition) is 1. The molecule has 1 saturated heterocycles. The van der Waals surface area contributed by atoms with Crippen LogP contribution in [0.25, 0.3) is 0 Å². The van der Waals surface area contributed by atoms with E-state index in [1.165, 1.54) is 17.7 Å². The van der Waals surface area contributed by atoms with Crippen molar-refractivity contribution in [2.24, 2.45) is 5.73 Å². The van der Waals surface area contributed by atoms with Crippen molar-refractivity contribution in [1.82, 2.24) is 4.90 Å². The van der Waals surface area contributed by atoms with Crippen molar-refractivity contribution >= 4 is 38.9 Å². The van der Waals surface area contributed by atoms with Gasteiger partial charge >= 0.3 is 0 Å². The van der Waals surface area contributed by atoms with Crippen molar-refractivity contribution in [3.05, 3.63) is 19.8 Å². The fourth-order valence-corrected chi connectivity index (χ4v) is 4.53. The first-order valence-electron chi connectivity index (χ1n) is 6.23. The van der Waals surface area contributed by atoms with Gasteiger partial charge in [0.2, 0.25) is 0 Å². The number of hydrogen-bond acceptors (Lipinski definition) is 4. The van der Waals surface area contributed by atoms with Gasteiger partial charge in [-0.05, 0) is 34.8 Å². The van der Waals surface area contributed by atoms with E-state index in [4.69, 9.17) is 22.1 Å². The second-order valence-corrected chi connectivity index (χ2v) is 7.37. The first-order chi connectivity index (χ1) is 8.70. The molecule has 1 saturated carbocycles. The number of halogens is 2. The van der Waals surface area contributed by atoms with Crippen LogP contribution < -0.4 is 5.73 Å². The summed E-state index contributed by atoms with van der Waals surface area (Å²) in [6.45, 7) is 2.34. The minimum atomic E-state index is 0.0842. The Morgan fingerprint density at radius 3 is 2.89 bits per heavy atom. The molecule has 100 valence electrons. The molecule has 2 unspecified atom stereocenters. The van der Waals surface area contributed by atoms with E-state index in [2.05, 4.69) is 26.9 Å². The maximum atomic E-state index is 6.16. The molecule has 2 fully saturated rings. The Morgan fingerprint density at radius 1 is 1.56 bits per heavy atom. The van der Waals surface area contributed by atoms with Gasteiger partial charge < -0.3 is 10.5 Å². The average molecular weight is 352 g/mol. The van der Waals surface area contributed by atoms with Crippen LogP contribution in [0.5, 0.6) is 0 Å². The Balaban J connectivity index is 1.91. The Morgan fingerprint density at radius 2 is 2.33 bits per heavy atom. The smallest absolute Gasteiger partial charge is 0.107 e. The molecule has 3 rings (SSSR count). The van der Waals surface area contributed by atoms with Gasteiger partial charge in [0.25, 0.3) is 0 Å². The van der Waals surface area contributed by atoms with E-state index in [1.807, 2.05) is 0 Å². The van der Waals surface area contributed by atoms with Crippen LogP contribution in [-0.4, -0.2) is 36.7 Å². The first kappa shape index (κ1) is 13.3. The number of nitrogens with zero attached hydrogens (tertiary/aromatic N) is 1. The Hall–Kier alpha value is 0.350. The van der Waals surface area contributed by atoms with Crippen molar-refractivity contribution in [2.45, 2.75) is 31.0 Å². The third kappa shape index (κ3) is 2.49. The fourth-order valence-electron chi connectivity index (χ4n) is 2.62. The molecule has 0 aromatic carbocycles. The summed E-state index contributed by atoms with van der Waals surface area (Å²) in [6.07, 6.45) is 2.68. The average Bonchev–Trinajstić information content (AvgIpc) is 3.16. The summed E-state index contributed by atoms with van der Waals surface area (Å²) >= 11 is 11.3. The van der Waals surface area contributed by atoms with Crippen molar-refractivity contribution in [1.29, 1.82) is 0 Å². The molecule has 2 heterocycles. The molecule has 18 heavy (non-hydrogen) atoms. The van der Waals surface area contributed by atoms with Gasteiger partial charge in [-0.15, -0.1) is 11.3 Å². The monoisotopic (exact) mass is 350 g/mol. The first-order valence-corrected chi connectivity index (χ1v) is 8.21. The number of ether oxygens (including phenoxy) is 1. The number of nitrogens with two attached hydrogens (primary N) is 1. The molecule has 1 aromatic rings. The number of thiophene rings is 1. The van der Waals surface area contributed by atoms with Crippen LogP contribution in [0.1, 0.15) is 23.8 Å². The van der Waals surface area contributed by atoms with Gasteiger partial charge in [-0.2, -0.15) is 0 Å². The lowest BCUT2D eigenvalue weighted by molar-refractivity contribution is -0.0700. The zero-order valence-electron chi connectivity index (χ0n) is 9.94. The second kappa shape index (κ2) is 5.38. The third-order valence-electron chi connectivity index (χ3n) is 3.59. The quantitative estimate of drug-likeness (QED) is 0.909. The van der Waals surface area contributed by atoms with E-state index in [0.717, 1.165) is 22.0 Å². The van der Waals surface area contributed by atoms with E-state index in [0.29, 0.717) is 12.6 Å². The van der Waals surface area contributed by atoms with Crippen LogP contribution >= 0.6 is 38.9 Å². The lowest BCUT2D eigenvalue weighted by Gasteiger charge is -2.40. The van der Waals surface area contributed by atoms with Gasteiger partial charge in [0.15, 0.2) is 0 Å². The normalized spacial score (nSPS) is 29.7. The zero-order valence-corrected chi connectivity index (χ0v) is 13.1. The molecule has 1 aromatic heterocycles. The molecule has 3 nitrogen and oxygen atoms in total. The summed E-state index contributed by atoms with van der Waals surface area (Å²) in [6, 6.07) is 3.10. The summed E-state index contributed by atoms with van der Waals surface area (Å²) in [5.41, 5.74) is 5.87. The lowest BCUT2D eigenvalue weighted by Crippen LogP contribution is -2.48. The van der Waals surface area contributed by atoms with Gasteiger partial charge in [-0.3, -0.25) is 4.90 Å². The molecule has 0 bridgehead atoms. The fraction of sp³-hybridized carbons (Fsp3) is 0.667. The predicted octanol–water partition coefficient (Wildman–Crippen LogP) is 3.03. The highest BCUT2D eigenvalue weighted by atomic mass is 79.9. The van der Waals surface area contributed by atoms with Crippen LogP contribution in [0.3, 0.4) is 0 Å². The molecule has 2 aliphatic rings. The van der Waals surface area contributed by atoms with E-state index >= 15 is 0 Å². The van der Waals surface area contributed by atoms with Gasteiger partial charge in [0, 0.05) is 28.5 Å². The van der Waals surface area contributed by atoms with Crippen LogP contribution in [-0.2, 0) is 4.74 Å². The second-order valence-electron chi connectivity index (χ2n) is 4.83. The molecule has 0 amide bonds. The highest BCUT2D eigenvalue weighted by Crippen LogP contribution is 2.43. The predicted molar refractivity (Wildman–Crippen MR) is 78.3 cm³/mol. The lowest BCUT2D eigenvalue weighted by atomic mass is 10.1. The highest BCUT2D eigenvalue weighted by molar-refractivity contribution is 9.10. The Kier molecular flexibility index (Phi) is 3.99. The SMILES string of the molecule is NCC1OCCN(C2CC2)C1c1cc(Br)c(Cl)s1. The molecule has 2 atom stereocenters. The van der Waals surface area contributed by atoms with Gasteiger partial charge in [-0.25, -0.2) is 0 Å². The molecule has 2 N–H and O–H groups in total. The Bertz CT molecular complexity index is 418. The van der Waals surface area contributed by atoms with Gasteiger partial charge in [0.05, 0.1) is 18.8 Å². The van der Waals surface area contributed by atoms with Crippen LogP contribution in [0.4, 0.5) is 0 Å². The largest absolute Gasteiger partial charge is 0.374 e.